The van der Waals surface area contributed by atoms with Gasteiger partial charge in [-0.1, -0.05) is 42.5 Å². The Balaban J connectivity index is 1.79. The SMILES string of the molecule is CC(OCCCCCCCC(=O)O)c1nccn1-c1ccc(Cl)cc1Cl. The molecule has 0 saturated heterocycles. The van der Waals surface area contributed by atoms with Crippen LogP contribution < -0.4 is 0 Å². The van der Waals surface area contributed by atoms with E-state index in [-0.39, 0.29) is 12.5 Å². The number of imidazole rings is 1. The van der Waals surface area contributed by atoms with Crippen LogP contribution in [0.15, 0.2) is 30.6 Å². The Morgan fingerprint density at radius 1 is 1.23 bits per heavy atom. The Bertz CT molecular complexity index is 719. The summed E-state index contributed by atoms with van der Waals surface area (Å²) in [5.41, 5.74) is 0.817. The lowest BCUT2D eigenvalue weighted by Gasteiger charge is -2.16. The van der Waals surface area contributed by atoms with Gasteiger partial charge < -0.3 is 14.4 Å². The molecular weight excluding hydrogens is 375 g/mol. The molecule has 1 heterocycles. The number of benzene rings is 1. The van der Waals surface area contributed by atoms with Crippen molar-refractivity contribution in [2.75, 3.05) is 6.61 Å². The Morgan fingerprint density at radius 2 is 1.96 bits per heavy atom. The number of rotatable bonds is 11. The Kier molecular flexibility index (Phi) is 8.42. The van der Waals surface area contributed by atoms with Crippen LogP contribution in [0.2, 0.25) is 10.0 Å². The number of aliphatic carboxylic acids is 1. The molecule has 0 bridgehead atoms. The number of hydrogen-bond donors (Lipinski definition) is 1. The van der Waals surface area contributed by atoms with E-state index < -0.39 is 5.97 Å². The van der Waals surface area contributed by atoms with Gasteiger partial charge in [-0.25, -0.2) is 4.98 Å². The molecule has 1 atom stereocenters. The zero-order chi connectivity index (χ0) is 18.9. The van der Waals surface area contributed by atoms with Crippen LogP contribution in [0.1, 0.15) is 57.4 Å². The Morgan fingerprint density at radius 3 is 2.69 bits per heavy atom. The third-order valence-corrected chi connectivity index (χ3v) is 4.64. The molecule has 0 amide bonds. The summed E-state index contributed by atoms with van der Waals surface area (Å²) < 4.78 is 7.82. The van der Waals surface area contributed by atoms with E-state index in [2.05, 4.69) is 4.98 Å². The molecule has 1 N–H and O–H groups in total. The molecule has 5 nitrogen and oxygen atoms in total. The van der Waals surface area contributed by atoms with E-state index in [0.29, 0.717) is 16.7 Å². The summed E-state index contributed by atoms with van der Waals surface area (Å²) in [6.45, 7) is 2.61. The van der Waals surface area contributed by atoms with Gasteiger partial charge >= 0.3 is 5.97 Å². The first-order valence-corrected chi connectivity index (χ1v) is 9.56. The molecule has 26 heavy (non-hydrogen) atoms. The highest BCUT2D eigenvalue weighted by Crippen LogP contribution is 2.27. The van der Waals surface area contributed by atoms with Crippen LogP contribution in [0.3, 0.4) is 0 Å². The quantitative estimate of drug-likeness (QED) is 0.494. The minimum Gasteiger partial charge on any atom is -0.481 e. The lowest BCUT2D eigenvalue weighted by atomic mass is 10.1. The van der Waals surface area contributed by atoms with Gasteiger partial charge in [-0.3, -0.25) is 4.79 Å². The van der Waals surface area contributed by atoms with Gasteiger partial charge in [0, 0.05) is 30.4 Å². The highest BCUT2D eigenvalue weighted by molar-refractivity contribution is 6.35. The maximum absolute atomic E-state index is 10.4. The second kappa shape index (κ2) is 10.6. The Labute approximate surface area is 163 Å². The molecule has 1 aromatic carbocycles. The highest BCUT2D eigenvalue weighted by atomic mass is 35.5. The molecule has 142 valence electrons. The van der Waals surface area contributed by atoms with E-state index in [0.717, 1.165) is 43.6 Å². The lowest BCUT2D eigenvalue weighted by molar-refractivity contribution is -0.137. The second-order valence-corrected chi connectivity index (χ2v) is 7.02. The number of aromatic nitrogens is 2. The predicted molar refractivity (Wildman–Crippen MR) is 103 cm³/mol. The summed E-state index contributed by atoms with van der Waals surface area (Å²) in [7, 11) is 0. The van der Waals surface area contributed by atoms with E-state index in [4.69, 9.17) is 33.0 Å². The smallest absolute Gasteiger partial charge is 0.303 e. The second-order valence-electron chi connectivity index (χ2n) is 6.18. The van der Waals surface area contributed by atoms with Crippen molar-refractivity contribution in [2.24, 2.45) is 0 Å². The van der Waals surface area contributed by atoms with Crippen molar-refractivity contribution in [1.29, 1.82) is 0 Å². The van der Waals surface area contributed by atoms with Crippen molar-refractivity contribution >= 4 is 29.2 Å². The molecule has 7 heteroatoms. The third kappa shape index (κ3) is 6.31. The number of carboxylic acid groups (broad SMARTS) is 1. The van der Waals surface area contributed by atoms with Crippen molar-refractivity contribution in [2.45, 2.75) is 51.6 Å². The molecule has 0 aliphatic heterocycles. The fraction of sp³-hybridized carbons (Fsp3) is 0.474. The molecule has 1 unspecified atom stereocenters. The molecule has 1 aromatic heterocycles. The van der Waals surface area contributed by atoms with Gasteiger partial charge in [0.15, 0.2) is 0 Å². The third-order valence-electron chi connectivity index (χ3n) is 4.11. The van der Waals surface area contributed by atoms with Crippen LogP contribution in [0.4, 0.5) is 0 Å². The topological polar surface area (TPSA) is 64.3 Å². The normalized spacial score (nSPS) is 12.3. The van der Waals surface area contributed by atoms with Gasteiger partial charge in [-0.15, -0.1) is 0 Å². The number of hydrogen-bond acceptors (Lipinski definition) is 3. The van der Waals surface area contributed by atoms with Crippen LogP contribution >= 0.6 is 23.2 Å². The Hall–Kier alpha value is -1.56. The van der Waals surface area contributed by atoms with E-state index >= 15 is 0 Å². The van der Waals surface area contributed by atoms with Crippen LogP contribution in [-0.2, 0) is 9.53 Å². The van der Waals surface area contributed by atoms with Gasteiger partial charge in [0.25, 0.3) is 0 Å². The van der Waals surface area contributed by atoms with Gasteiger partial charge in [0.1, 0.15) is 11.9 Å². The first kappa shape index (κ1) is 20.7. The average molecular weight is 399 g/mol. The summed E-state index contributed by atoms with van der Waals surface area (Å²) >= 11 is 12.3. The first-order chi connectivity index (χ1) is 12.5. The maximum Gasteiger partial charge on any atom is 0.303 e. The summed E-state index contributed by atoms with van der Waals surface area (Å²) in [4.78, 5) is 14.8. The first-order valence-electron chi connectivity index (χ1n) is 8.81. The van der Waals surface area contributed by atoms with Gasteiger partial charge in [0.05, 0.1) is 10.7 Å². The van der Waals surface area contributed by atoms with Gasteiger partial charge in [0.2, 0.25) is 0 Å². The molecule has 0 spiro atoms. The zero-order valence-electron chi connectivity index (χ0n) is 14.8. The standard InChI is InChI=1S/C19H24Cl2N2O3/c1-14(26-12-6-4-2-3-5-7-18(24)25)19-22-10-11-23(19)17-9-8-15(20)13-16(17)21/h8-11,13-14H,2-7,12H2,1H3,(H,24,25). The molecule has 0 saturated carbocycles. The average Bonchev–Trinajstić information content (AvgIpc) is 3.06. The minimum absolute atomic E-state index is 0.163. The van der Waals surface area contributed by atoms with Crippen molar-refractivity contribution < 1.29 is 14.6 Å². The molecule has 0 fully saturated rings. The van der Waals surface area contributed by atoms with Gasteiger partial charge in [-0.2, -0.15) is 0 Å². The molecule has 2 rings (SSSR count). The number of nitrogens with zero attached hydrogens (tertiary/aromatic N) is 2. The molecular formula is C19H24Cl2N2O3. The predicted octanol–water partition coefficient (Wildman–Crippen LogP) is 5.68. The maximum atomic E-state index is 10.4. The van der Waals surface area contributed by atoms with Crippen LogP contribution in [0.5, 0.6) is 0 Å². The summed E-state index contributed by atoms with van der Waals surface area (Å²) in [5, 5.41) is 9.75. The lowest BCUT2D eigenvalue weighted by Crippen LogP contribution is -2.09. The largest absolute Gasteiger partial charge is 0.481 e. The number of carboxylic acids is 1. The van der Waals surface area contributed by atoms with Crippen molar-refractivity contribution in [3.8, 4) is 5.69 Å². The fourth-order valence-corrected chi connectivity index (χ4v) is 3.24. The van der Waals surface area contributed by atoms with E-state index in [1.165, 1.54) is 0 Å². The highest BCUT2D eigenvalue weighted by Gasteiger charge is 2.15. The summed E-state index contributed by atoms with van der Waals surface area (Å²) in [6.07, 6.45) is 8.36. The zero-order valence-corrected chi connectivity index (χ0v) is 16.3. The van der Waals surface area contributed by atoms with Crippen LogP contribution in [0.25, 0.3) is 5.69 Å². The van der Waals surface area contributed by atoms with E-state index in [1.807, 2.05) is 23.8 Å². The molecule has 0 radical (unpaired) electrons. The molecule has 0 aliphatic carbocycles. The van der Waals surface area contributed by atoms with Crippen molar-refractivity contribution in [3.05, 3.63) is 46.5 Å². The van der Waals surface area contributed by atoms with Gasteiger partial charge in [-0.05, 0) is 38.0 Å². The molecule has 0 aliphatic rings. The number of carbonyl (C=O) groups is 1. The number of ether oxygens (including phenoxy) is 1. The van der Waals surface area contributed by atoms with E-state index in [1.54, 1.807) is 18.3 Å². The minimum atomic E-state index is -0.724. The van der Waals surface area contributed by atoms with Crippen molar-refractivity contribution in [1.82, 2.24) is 9.55 Å². The van der Waals surface area contributed by atoms with Crippen LogP contribution in [-0.4, -0.2) is 27.2 Å². The number of unbranched alkanes of at least 4 members (excludes halogenated alkanes) is 4. The van der Waals surface area contributed by atoms with Crippen LogP contribution in [0, 0.1) is 0 Å². The number of halogens is 2. The summed E-state index contributed by atoms with van der Waals surface area (Å²) in [5.74, 6) is 0.0640. The summed E-state index contributed by atoms with van der Waals surface area (Å²) in [6, 6.07) is 5.36. The fourth-order valence-electron chi connectivity index (χ4n) is 2.74. The monoisotopic (exact) mass is 398 g/mol. The molecule has 2 aromatic rings. The van der Waals surface area contributed by atoms with Crippen molar-refractivity contribution in [3.63, 3.8) is 0 Å². The van der Waals surface area contributed by atoms with E-state index in [9.17, 15) is 4.79 Å².